The highest BCUT2D eigenvalue weighted by molar-refractivity contribution is 5.52. The predicted octanol–water partition coefficient (Wildman–Crippen LogP) is 4.98. The molecule has 1 aliphatic carbocycles. The maximum atomic E-state index is 2.42. The van der Waals surface area contributed by atoms with Gasteiger partial charge in [-0.05, 0) is 31.2 Å². The van der Waals surface area contributed by atoms with E-state index in [0.29, 0.717) is 0 Å². The van der Waals surface area contributed by atoms with Gasteiger partial charge in [-0.1, -0.05) is 67.0 Å². The summed E-state index contributed by atoms with van der Waals surface area (Å²) in [7, 11) is 0. The number of hydrogen-bond donors (Lipinski definition) is 0. The monoisotopic (exact) mass is 212 g/mol. The van der Waals surface area contributed by atoms with Crippen molar-refractivity contribution in [2.75, 3.05) is 0 Å². The molecule has 1 aromatic carbocycles. The van der Waals surface area contributed by atoms with E-state index in [4.69, 9.17) is 0 Å². The quantitative estimate of drug-likeness (QED) is 0.648. The summed E-state index contributed by atoms with van der Waals surface area (Å²) in [5.41, 5.74) is 2.81. The van der Waals surface area contributed by atoms with E-state index in [9.17, 15) is 0 Å². The molecule has 0 saturated carbocycles. The Balaban J connectivity index is 1.99. The predicted molar refractivity (Wildman–Crippen MR) is 71.3 cm³/mol. The molecule has 0 aromatic heterocycles. The summed E-state index contributed by atoms with van der Waals surface area (Å²) in [5, 5.41) is 0. The van der Waals surface area contributed by atoms with Crippen molar-refractivity contribution in [2.45, 2.75) is 38.5 Å². The van der Waals surface area contributed by atoms with Crippen LogP contribution in [-0.4, -0.2) is 0 Å². The van der Waals surface area contributed by atoms with E-state index < -0.39 is 0 Å². The van der Waals surface area contributed by atoms with Gasteiger partial charge in [-0.2, -0.15) is 0 Å². The third kappa shape index (κ3) is 3.69. The Bertz CT molecular complexity index is 357. The molecule has 0 bridgehead atoms. The summed E-state index contributed by atoms with van der Waals surface area (Å²) < 4.78 is 0. The smallest absolute Gasteiger partial charge is 0.0257 e. The summed E-state index contributed by atoms with van der Waals surface area (Å²) in [6, 6.07) is 10.5. The Morgan fingerprint density at radius 3 is 2.50 bits per heavy atom. The second-order valence-corrected chi connectivity index (χ2v) is 4.48. The summed E-state index contributed by atoms with van der Waals surface area (Å²) in [5.74, 6) is 0. The molecule has 0 heterocycles. The standard InChI is InChI=1S/C16H20/c1-2-5-9-15(10-6-3-1)13-14-16-11-7-4-8-12-16/h4,7-9,11-14H,1-3,5-6,10H2/b14-13+,15-9+. The van der Waals surface area contributed by atoms with E-state index in [-0.39, 0.29) is 0 Å². The van der Waals surface area contributed by atoms with Crippen molar-refractivity contribution in [3.05, 3.63) is 53.6 Å². The highest BCUT2D eigenvalue weighted by Gasteiger charge is 1.98. The highest BCUT2D eigenvalue weighted by atomic mass is 14.0. The lowest BCUT2D eigenvalue weighted by Crippen LogP contribution is -1.87. The largest absolute Gasteiger partial charge is 0.0813 e. The zero-order valence-corrected chi connectivity index (χ0v) is 9.86. The summed E-state index contributed by atoms with van der Waals surface area (Å²) >= 11 is 0. The topological polar surface area (TPSA) is 0 Å². The average Bonchev–Trinajstić information content (AvgIpc) is 2.29. The maximum Gasteiger partial charge on any atom is -0.0257 e. The van der Waals surface area contributed by atoms with Crippen LogP contribution in [0.15, 0.2) is 48.1 Å². The highest BCUT2D eigenvalue weighted by Crippen LogP contribution is 2.18. The van der Waals surface area contributed by atoms with Gasteiger partial charge in [0.2, 0.25) is 0 Å². The van der Waals surface area contributed by atoms with Crippen molar-refractivity contribution in [3.8, 4) is 0 Å². The van der Waals surface area contributed by atoms with Gasteiger partial charge in [-0.3, -0.25) is 0 Å². The van der Waals surface area contributed by atoms with E-state index in [1.807, 2.05) is 0 Å². The molecule has 84 valence electrons. The molecule has 0 aliphatic heterocycles. The number of benzene rings is 1. The lowest BCUT2D eigenvalue weighted by atomic mass is 9.99. The first-order valence-electron chi connectivity index (χ1n) is 6.37. The van der Waals surface area contributed by atoms with Crippen molar-refractivity contribution >= 4 is 6.08 Å². The summed E-state index contributed by atoms with van der Waals surface area (Å²) in [4.78, 5) is 0. The van der Waals surface area contributed by atoms with Crippen molar-refractivity contribution in [1.29, 1.82) is 0 Å². The van der Waals surface area contributed by atoms with Crippen molar-refractivity contribution < 1.29 is 0 Å². The first-order chi connectivity index (χ1) is 7.95. The van der Waals surface area contributed by atoms with Crippen LogP contribution in [0.4, 0.5) is 0 Å². The number of hydrogen-bond acceptors (Lipinski definition) is 0. The molecular formula is C16H20. The fourth-order valence-corrected chi connectivity index (χ4v) is 2.14. The van der Waals surface area contributed by atoms with Crippen LogP contribution in [0.5, 0.6) is 0 Å². The van der Waals surface area contributed by atoms with E-state index in [0.717, 1.165) is 0 Å². The Morgan fingerprint density at radius 2 is 1.62 bits per heavy atom. The van der Waals surface area contributed by atoms with E-state index in [2.05, 4.69) is 48.6 Å². The second kappa shape index (κ2) is 6.32. The zero-order valence-electron chi connectivity index (χ0n) is 9.86. The van der Waals surface area contributed by atoms with Crippen molar-refractivity contribution in [1.82, 2.24) is 0 Å². The Morgan fingerprint density at radius 1 is 0.812 bits per heavy atom. The third-order valence-corrected chi connectivity index (χ3v) is 3.12. The Hall–Kier alpha value is -1.30. The van der Waals surface area contributed by atoms with Crippen LogP contribution in [-0.2, 0) is 0 Å². The fraction of sp³-hybridized carbons (Fsp3) is 0.375. The lowest BCUT2D eigenvalue weighted by molar-refractivity contribution is 0.630. The van der Waals surface area contributed by atoms with Gasteiger partial charge in [-0.25, -0.2) is 0 Å². The molecule has 0 heteroatoms. The summed E-state index contributed by atoms with van der Waals surface area (Å²) in [6.45, 7) is 0. The van der Waals surface area contributed by atoms with Crippen molar-refractivity contribution in [3.63, 3.8) is 0 Å². The minimum absolute atomic E-state index is 1.25. The van der Waals surface area contributed by atoms with Gasteiger partial charge in [0.05, 0.1) is 0 Å². The van der Waals surface area contributed by atoms with Crippen LogP contribution < -0.4 is 0 Å². The molecule has 2 rings (SSSR count). The van der Waals surface area contributed by atoms with Gasteiger partial charge in [0.25, 0.3) is 0 Å². The SMILES string of the molecule is C(=C\c1ccccc1)/C1=C/CCCCCC1. The maximum absolute atomic E-state index is 2.42. The molecule has 1 aromatic rings. The lowest BCUT2D eigenvalue weighted by Gasteiger charge is -2.07. The molecule has 0 saturated heterocycles. The van der Waals surface area contributed by atoms with E-state index >= 15 is 0 Å². The molecule has 0 N–H and O–H groups in total. The second-order valence-electron chi connectivity index (χ2n) is 4.48. The van der Waals surface area contributed by atoms with Gasteiger partial charge in [0.15, 0.2) is 0 Å². The van der Waals surface area contributed by atoms with Gasteiger partial charge in [0.1, 0.15) is 0 Å². The molecule has 0 fully saturated rings. The van der Waals surface area contributed by atoms with E-state index in [1.54, 1.807) is 0 Å². The van der Waals surface area contributed by atoms with Crippen LogP contribution in [0, 0.1) is 0 Å². The minimum Gasteiger partial charge on any atom is -0.0813 e. The fourth-order valence-electron chi connectivity index (χ4n) is 2.14. The molecule has 0 radical (unpaired) electrons. The van der Waals surface area contributed by atoms with Gasteiger partial charge in [-0.15, -0.1) is 0 Å². The molecule has 0 amide bonds. The van der Waals surface area contributed by atoms with Crippen molar-refractivity contribution in [2.24, 2.45) is 0 Å². The first-order valence-corrected chi connectivity index (χ1v) is 6.37. The molecule has 0 atom stereocenters. The molecule has 0 spiro atoms. The van der Waals surface area contributed by atoms with Crippen LogP contribution in [0.25, 0.3) is 6.08 Å². The summed E-state index contributed by atoms with van der Waals surface area (Å²) in [6.07, 6.45) is 15.0. The molecule has 0 nitrogen and oxygen atoms in total. The average molecular weight is 212 g/mol. The van der Waals surface area contributed by atoms with Gasteiger partial charge >= 0.3 is 0 Å². The number of rotatable bonds is 2. The molecular weight excluding hydrogens is 192 g/mol. The minimum atomic E-state index is 1.25. The van der Waals surface area contributed by atoms with E-state index in [1.165, 1.54) is 49.7 Å². The Labute approximate surface area is 98.7 Å². The molecule has 1 aliphatic rings. The van der Waals surface area contributed by atoms with Crippen LogP contribution >= 0.6 is 0 Å². The van der Waals surface area contributed by atoms with Gasteiger partial charge in [0, 0.05) is 0 Å². The van der Waals surface area contributed by atoms with Crippen LogP contribution in [0.3, 0.4) is 0 Å². The molecule has 16 heavy (non-hydrogen) atoms. The first kappa shape index (κ1) is 11.2. The van der Waals surface area contributed by atoms with Crippen LogP contribution in [0.1, 0.15) is 44.1 Å². The van der Waals surface area contributed by atoms with Crippen LogP contribution in [0.2, 0.25) is 0 Å². The van der Waals surface area contributed by atoms with Gasteiger partial charge < -0.3 is 0 Å². The third-order valence-electron chi connectivity index (χ3n) is 3.12. The normalized spacial score (nSPS) is 21.1. The molecule has 0 unspecified atom stereocenters. The number of allylic oxidation sites excluding steroid dienone is 3. The Kier molecular flexibility index (Phi) is 4.42. The zero-order chi connectivity index (χ0) is 11.1.